The minimum Gasteiger partial charge on any atom is -0.466 e. The Hall–Kier alpha value is -0.670. The van der Waals surface area contributed by atoms with Gasteiger partial charge in [-0.05, 0) is 26.7 Å². The van der Waals surface area contributed by atoms with Crippen LogP contribution in [-0.4, -0.2) is 24.9 Å². The zero-order valence-corrected chi connectivity index (χ0v) is 7.85. The van der Waals surface area contributed by atoms with Crippen molar-refractivity contribution < 1.29 is 18.3 Å². The van der Waals surface area contributed by atoms with Crippen LogP contribution in [0.15, 0.2) is 0 Å². The van der Waals surface area contributed by atoms with E-state index in [1.807, 2.05) is 0 Å². The topological polar surface area (TPSA) is 26.3 Å². The number of carbonyl (C=O) groups is 1. The van der Waals surface area contributed by atoms with E-state index < -0.39 is 23.7 Å². The van der Waals surface area contributed by atoms with Gasteiger partial charge in [0.15, 0.2) is 0 Å². The Morgan fingerprint density at radius 2 is 1.92 bits per heavy atom. The fraction of sp³-hybridized carbons (Fsp3) is 0.889. The lowest BCUT2D eigenvalue weighted by atomic mass is 9.89. The molecule has 4 heteroatoms. The third-order valence-electron chi connectivity index (χ3n) is 2.45. The molecule has 2 nitrogen and oxygen atoms in total. The van der Waals surface area contributed by atoms with Crippen LogP contribution in [0.3, 0.4) is 0 Å². The summed E-state index contributed by atoms with van der Waals surface area (Å²) in [6, 6.07) is 0. The van der Waals surface area contributed by atoms with Crippen LogP contribution >= 0.6 is 0 Å². The molecule has 0 aromatic carbocycles. The molecule has 1 saturated carbocycles. The summed E-state index contributed by atoms with van der Waals surface area (Å²) in [5, 5.41) is 0. The zero-order valence-electron chi connectivity index (χ0n) is 7.85. The van der Waals surface area contributed by atoms with Gasteiger partial charge in [-0.2, -0.15) is 0 Å². The van der Waals surface area contributed by atoms with E-state index in [2.05, 4.69) is 0 Å². The van der Waals surface area contributed by atoms with E-state index in [4.69, 9.17) is 4.74 Å². The number of ether oxygens (including phenoxy) is 1. The average Bonchev–Trinajstić information content (AvgIpc) is 2.28. The van der Waals surface area contributed by atoms with Gasteiger partial charge in [0.1, 0.15) is 12.3 Å². The maximum Gasteiger partial charge on any atom is 0.311 e. The molecule has 0 bridgehead atoms. The van der Waals surface area contributed by atoms with Crippen LogP contribution in [0.5, 0.6) is 0 Å². The molecule has 0 amide bonds. The molecule has 0 aromatic rings. The average molecular weight is 191 g/mol. The van der Waals surface area contributed by atoms with Gasteiger partial charge >= 0.3 is 5.97 Å². The predicted octanol–water partition coefficient (Wildman–Crippen LogP) is 2.03. The molecule has 0 N–H and O–H groups in total. The van der Waals surface area contributed by atoms with E-state index in [9.17, 15) is 13.6 Å². The molecule has 3 atom stereocenters. The first kappa shape index (κ1) is 10.4. The number of esters is 1. The molecule has 0 saturated heterocycles. The number of hydrogen-bond donors (Lipinski definition) is 0. The van der Waals surface area contributed by atoms with E-state index in [1.165, 1.54) is 0 Å². The summed E-state index contributed by atoms with van der Waals surface area (Å²) in [4.78, 5) is 11.3. The van der Waals surface area contributed by atoms with Gasteiger partial charge in [-0.1, -0.05) is 0 Å². The summed E-state index contributed by atoms with van der Waals surface area (Å²) >= 11 is 0. The van der Waals surface area contributed by atoms with Crippen molar-refractivity contribution in [3.8, 4) is 0 Å². The minimum absolute atomic E-state index is 0.0625. The van der Waals surface area contributed by atoms with Gasteiger partial charge in [-0.25, -0.2) is 8.78 Å². The van der Waals surface area contributed by atoms with Crippen LogP contribution in [-0.2, 0) is 9.53 Å². The second kappa shape index (κ2) is 3.60. The van der Waals surface area contributed by atoms with Gasteiger partial charge in [0, 0.05) is 0 Å². The standard InChI is InChI=1S/C9H14F2O2/c1-3-13-8(12)9(2)4-6(10)7(11)5-9/h6-7H,3-5H2,1-2H3/t6-,7+,9?/i10-1/m1/s1. The lowest BCUT2D eigenvalue weighted by Crippen LogP contribution is -2.27. The first-order chi connectivity index (χ1) is 5.99. The maximum absolute atomic E-state index is 12.8. The second-order valence-corrected chi connectivity index (χ2v) is 3.72. The first-order valence-corrected chi connectivity index (χ1v) is 4.45. The van der Waals surface area contributed by atoms with Crippen LogP contribution in [0, 0.1) is 5.41 Å². The fourth-order valence-electron chi connectivity index (χ4n) is 1.67. The number of rotatable bonds is 2. The Morgan fingerprint density at radius 1 is 1.46 bits per heavy atom. The van der Waals surface area contributed by atoms with Gasteiger partial charge < -0.3 is 4.74 Å². The van der Waals surface area contributed by atoms with E-state index in [1.54, 1.807) is 13.8 Å². The van der Waals surface area contributed by atoms with Crippen molar-refractivity contribution in [1.29, 1.82) is 0 Å². The summed E-state index contributed by atoms with van der Waals surface area (Å²) in [7, 11) is 0. The van der Waals surface area contributed by atoms with Crippen molar-refractivity contribution in [3.05, 3.63) is 0 Å². The SMILES string of the molecule is CCOC(=O)C1(C)C[C@@H]([18F])[C@@H](F)C1. The lowest BCUT2D eigenvalue weighted by Gasteiger charge is -2.19. The van der Waals surface area contributed by atoms with Crippen molar-refractivity contribution in [2.45, 2.75) is 39.0 Å². The fourth-order valence-corrected chi connectivity index (χ4v) is 1.67. The lowest BCUT2D eigenvalue weighted by molar-refractivity contribution is -0.154. The van der Waals surface area contributed by atoms with Crippen molar-refractivity contribution >= 4 is 5.97 Å². The molecule has 0 aromatic heterocycles. The third-order valence-corrected chi connectivity index (χ3v) is 2.45. The monoisotopic (exact) mass is 191 g/mol. The molecule has 1 rings (SSSR count). The summed E-state index contributed by atoms with van der Waals surface area (Å²) < 4.78 is 30.4. The quantitative estimate of drug-likeness (QED) is 0.624. The highest BCUT2D eigenvalue weighted by atomic mass is 19.1. The van der Waals surface area contributed by atoms with E-state index >= 15 is 0 Å². The third kappa shape index (κ3) is 1.98. The van der Waals surface area contributed by atoms with Crippen molar-refractivity contribution in [1.82, 2.24) is 0 Å². The second-order valence-electron chi connectivity index (χ2n) is 3.72. The number of halogens is 2. The van der Waals surface area contributed by atoms with E-state index in [0.717, 1.165) is 0 Å². The van der Waals surface area contributed by atoms with Crippen LogP contribution in [0.25, 0.3) is 0 Å². The van der Waals surface area contributed by atoms with E-state index in [-0.39, 0.29) is 19.4 Å². The molecule has 1 unspecified atom stereocenters. The number of hydrogen-bond acceptors (Lipinski definition) is 2. The molecule has 0 aliphatic heterocycles. The molecule has 1 fully saturated rings. The summed E-state index contributed by atoms with van der Waals surface area (Å²) in [6.07, 6.45) is -3.16. The Labute approximate surface area is 76.3 Å². The van der Waals surface area contributed by atoms with Crippen molar-refractivity contribution in [2.75, 3.05) is 6.61 Å². The van der Waals surface area contributed by atoms with Crippen molar-refractivity contribution in [2.24, 2.45) is 5.41 Å². The molecule has 0 radical (unpaired) electrons. The van der Waals surface area contributed by atoms with Gasteiger partial charge in [0.25, 0.3) is 0 Å². The molecule has 0 heterocycles. The first-order valence-electron chi connectivity index (χ1n) is 4.45. The molecule has 76 valence electrons. The number of alkyl halides is 2. The Balaban J connectivity index is 2.63. The van der Waals surface area contributed by atoms with Gasteiger partial charge in [0.05, 0.1) is 12.0 Å². The van der Waals surface area contributed by atoms with Gasteiger partial charge in [-0.15, -0.1) is 0 Å². The highest BCUT2D eigenvalue weighted by molar-refractivity contribution is 5.77. The summed E-state index contributed by atoms with van der Waals surface area (Å²) in [5.41, 5.74) is -0.963. The zero-order chi connectivity index (χ0) is 10.1. The normalized spacial score (nSPS) is 39.1. The van der Waals surface area contributed by atoms with Crippen molar-refractivity contribution in [3.63, 3.8) is 0 Å². The molecule has 1 aliphatic carbocycles. The Bertz CT molecular complexity index is 196. The molecular formula is C9H14F2O2. The summed E-state index contributed by atoms with van der Waals surface area (Å²) in [6.45, 7) is 3.48. The van der Waals surface area contributed by atoms with Crippen LogP contribution in [0.2, 0.25) is 0 Å². The van der Waals surface area contributed by atoms with Crippen LogP contribution in [0.4, 0.5) is 8.78 Å². The van der Waals surface area contributed by atoms with Crippen LogP contribution < -0.4 is 0 Å². The predicted molar refractivity (Wildman–Crippen MR) is 43.8 cm³/mol. The van der Waals surface area contributed by atoms with Gasteiger partial charge in [0.2, 0.25) is 0 Å². The Kier molecular flexibility index (Phi) is 2.88. The smallest absolute Gasteiger partial charge is 0.311 e. The molecule has 1 aliphatic rings. The Morgan fingerprint density at radius 3 is 2.31 bits per heavy atom. The molecular weight excluding hydrogens is 177 g/mol. The minimum atomic E-state index is -1.52. The van der Waals surface area contributed by atoms with Crippen LogP contribution in [0.1, 0.15) is 26.7 Å². The molecule has 0 spiro atoms. The highest BCUT2D eigenvalue weighted by Gasteiger charge is 2.48. The molecule has 13 heavy (non-hydrogen) atoms. The summed E-state index contributed by atoms with van der Waals surface area (Å²) in [5.74, 6) is -0.488. The van der Waals surface area contributed by atoms with E-state index in [0.29, 0.717) is 0 Å². The maximum atomic E-state index is 12.8. The number of carbonyl (C=O) groups excluding carboxylic acids is 1. The van der Waals surface area contributed by atoms with Gasteiger partial charge in [-0.3, -0.25) is 4.79 Å². The highest BCUT2D eigenvalue weighted by Crippen LogP contribution is 2.41. The largest absolute Gasteiger partial charge is 0.466 e.